The Hall–Kier alpha value is -3.21. The number of imide groups is 1. The lowest BCUT2D eigenvalue weighted by Crippen LogP contribution is -2.54. The van der Waals surface area contributed by atoms with E-state index in [0.29, 0.717) is 17.2 Å². The van der Waals surface area contributed by atoms with Crippen LogP contribution in [-0.4, -0.2) is 23.8 Å². The lowest BCUT2D eigenvalue weighted by atomic mass is 9.95. The molecule has 2 aromatic carbocycles. The third-order valence-corrected chi connectivity index (χ3v) is 4.34. The van der Waals surface area contributed by atoms with Crippen molar-refractivity contribution in [1.82, 2.24) is 10.6 Å². The summed E-state index contributed by atoms with van der Waals surface area (Å²) in [6, 6.07) is 17.4. The number of allylic oxidation sites excluding steroid dienone is 1. The summed E-state index contributed by atoms with van der Waals surface area (Å²) in [5.74, 6) is -0.163. The van der Waals surface area contributed by atoms with E-state index in [1.807, 2.05) is 45.0 Å². The third-order valence-electron chi connectivity index (χ3n) is 4.34. The molecular weight excluding hydrogens is 340 g/mol. The quantitative estimate of drug-likeness (QED) is 0.601. The molecule has 4 rings (SSSR count). The molecule has 2 atom stereocenters. The van der Waals surface area contributed by atoms with Crippen LogP contribution >= 0.6 is 0 Å². The van der Waals surface area contributed by atoms with E-state index in [2.05, 4.69) is 28.8 Å². The maximum absolute atomic E-state index is 10.9. The summed E-state index contributed by atoms with van der Waals surface area (Å²) in [6.07, 6.45) is 4.12. The second kappa shape index (κ2) is 9.48. The number of rotatable bonds is 1. The van der Waals surface area contributed by atoms with E-state index in [-0.39, 0.29) is 23.6 Å². The number of carbonyl (C=O) groups is 3. The maximum atomic E-state index is 10.9. The normalized spacial score (nSPS) is 19.6. The largest absolute Gasteiger partial charge is 0.353 e. The molecule has 0 aromatic heterocycles. The van der Waals surface area contributed by atoms with Crippen LogP contribution in [-0.2, 0) is 4.79 Å². The van der Waals surface area contributed by atoms with Crippen molar-refractivity contribution in [2.45, 2.75) is 26.8 Å². The number of β-lactam (4-membered cyclic amide) rings is 1. The molecule has 5 nitrogen and oxygen atoms in total. The third kappa shape index (κ3) is 5.38. The van der Waals surface area contributed by atoms with Gasteiger partial charge in [-0.3, -0.25) is 19.7 Å². The smallest absolute Gasteiger partial charge is 0.258 e. The summed E-state index contributed by atoms with van der Waals surface area (Å²) >= 11 is 0. The number of hydrogen-bond acceptors (Lipinski definition) is 3. The predicted octanol–water partition coefficient (Wildman–Crippen LogP) is 3.43. The Balaban J connectivity index is 0.000000149. The average Bonchev–Trinajstić information content (AvgIpc) is 2.98. The molecule has 0 bridgehead atoms. The molecule has 0 unspecified atom stereocenters. The lowest BCUT2D eigenvalue weighted by Gasteiger charge is -2.30. The molecule has 0 radical (unpaired) electrons. The molecule has 3 amide bonds. The van der Waals surface area contributed by atoms with Crippen LogP contribution in [0.15, 0.2) is 60.7 Å². The Morgan fingerprint density at radius 3 is 1.70 bits per heavy atom. The number of carbonyl (C=O) groups excluding carboxylic acids is 3. The lowest BCUT2D eigenvalue weighted by molar-refractivity contribution is -0.133. The molecule has 2 aromatic rings. The van der Waals surface area contributed by atoms with Gasteiger partial charge in [-0.25, -0.2) is 0 Å². The van der Waals surface area contributed by atoms with E-state index >= 15 is 0 Å². The van der Waals surface area contributed by atoms with Gasteiger partial charge in [0.25, 0.3) is 11.8 Å². The summed E-state index contributed by atoms with van der Waals surface area (Å²) in [6.45, 7) is 5.96. The highest BCUT2D eigenvalue weighted by Gasteiger charge is 2.30. The fraction of sp³-hybridized carbons (Fsp3) is 0.227. The van der Waals surface area contributed by atoms with Crippen LogP contribution in [0.1, 0.15) is 47.1 Å². The molecule has 2 aliphatic rings. The molecular formula is C22H24N2O3. The zero-order valence-electron chi connectivity index (χ0n) is 15.7. The van der Waals surface area contributed by atoms with Crippen molar-refractivity contribution in [3.8, 4) is 0 Å². The minimum absolute atomic E-state index is 0.188. The van der Waals surface area contributed by atoms with Crippen LogP contribution in [0.2, 0.25) is 0 Å². The standard InChI is InChI=1S/C9H10.C8H5NO2.C5H9NO/c1-2-6-9-7-4-3-5-8-9;10-7-5-3-1-2-4-6(5)8(11)9-7;1-3-4(2)6-5(3)7/h2-8H,1H3;1-4H,(H,9,10,11);3-4H,1-2H3,(H,6,7)/t;;3-,4+/m..0/s1. The first-order chi connectivity index (χ1) is 12.9. The van der Waals surface area contributed by atoms with Crippen LogP contribution < -0.4 is 10.6 Å². The van der Waals surface area contributed by atoms with E-state index in [1.54, 1.807) is 24.3 Å². The van der Waals surface area contributed by atoms with Crippen LogP contribution in [0, 0.1) is 5.92 Å². The molecule has 0 saturated carbocycles. The van der Waals surface area contributed by atoms with E-state index < -0.39 is 0 Å². The van der Waals surface area contributed by atoms with E-state index in [4.69, 9.17) is 0 Å². The Kier molecular flexibility index (Phi) is 7.06. The van der Waals surface area contributed by atoms with Gasteiger partial charge in [0.15, 0.2) is 0 Å². The van der Waals surface area contributed by atoms with E-state index in [9.17, 15) is 14.4 Å². The monoisotopic (exact) mass is 364 g/mol. The summed E-state index contributed by atoms with van der Waals surface area (Å²) in [7, 11) is 0. The SMILES string of the molecule is CC=Cc1ccccc1.C[C@@H]1C(=O)N[C@@H]1C.O=C1NC(=O)c2ccccc21. The molecule has 2 aliphatic heterocycles. The molecule has 1 fully saturated rings. The van der Waals surface area contributed by atoms with Crippen LogP contribution in [0.3, 0.4) is 0 Å². The van der Waals surface area contributed by atoms with Crippen molar-refractivity contribution in [3.63, 3.8) is 0 Å². The summed E-state index contributed by atoms with van der Waals surface area (Å²) in [5, 5.41) is 4.92. The first-order valence-electron chi connectivity index (χ1n) is 8.87. The number of hydrogen-bond donors (Lipinski definition) is 2. The van der Waals surface area contributed by atoms with E-state index in [1.165, 1.54) is 5.56 Å². The number of fused-ring (bicyclic) bond motifs is 1. The number of benzene rings is 2. The molecule has 140 valence electrons. The Bertz CT molecular complexity index is 811. The fourth-order valence-corrected chi connectivity index (χ4v) is 2.49. The molecule has 2 N–H and O–H groups in total. The minimum atomic E-state index is -0.300. The van der Waals surface area contributed by atoms with Crippen molar-refractivity contribution >= 4 is 23.8 Å². The van der Waals surface area contributed by atoms with Crippen LogP contribution in [0.5, 0.6) is 0 Å². The van der Waals surface area contributed by atoms with Gasteiger partial charge < -0.3 is 5.32 Å². The average molecular weight is 364 g/mol. The number of nitrogens with one attached hydrogen (secondary N) is 2. The van der Waals surface area contributed by atoms with Gasteiger partial charge in [0.2, 0.25) is 5.91 Å². The second-order valence-electron chi connectivity index (χ2n) is 6.33. The van der Waals surface area contributed by atoms with Crippen LogP contribution in [0.25, 0.3) is 6.08 Å². The van der Waals surface area contributed by atoms with Crippen molar-refractivity contribution in [2.24, 2.45) is 5.92 Å². The summed E-state index contributed by atoms with van der Waals surface area (Å²) < 4.78 is 0. The maximum Gasteiger partial charge on any atom is 0.258 e. The van der Waals surface area contributed by atoms with Gasteiger partial charge in [-0.05, 0) is 31.5 Å². The van der Waals surface area contributed by atoms with Crippen molar-refractivity contribution in [2.75, 3.05) is 0 Å². The predicted molar refractivity (Wildman–Crippen MR) is 106 cm³/mol. The Labute approximate surface area is 159 Å². The highest BCUT2D eigenvalue weighted by molar-refractivity contribution is 6.21. The molecule has 5 heteroatoms. The van der Waals surface area contributed by atoms with Crippen molar-refractivity contribution < 1.29 is 14.4 Å². The molecule has 2 heterocycles. The minimum Gasteiger partial charge on any atom is -0.353 e. The highest BCUT2D eigenvalue weighted by Crippen LogP contribution is 2.13. The molecule has 1 saturated heterocycles. The van der Waals surface area contributed by atoms with Crippen molar-refractivity contribution in [1.29, 1.82) is 0 Å². The van der Waals surface area contributed by atoms with Gasteiger partial charge >= 0.3 is 0 Å². The first kappa shape index (κ1) is 20.1. The molecule has 0 aliphatic carbocycles. The zero-order chi connectivity index (χ0) is 19.8. The topological polar surface area (TPSA) is 75.3 Å². The summed E-state index contributed by atoms with van der Waals surface area (Å²) in [5.41, 5.74) is 2.20. The Morgan fingerprint density at radius 1 is 0.815 bits per heavy atom. The van der Waals surface area contributed by atoms with Gasteiger partial charge in [0.05, 0.1) is 17.0 Å². The van der Waals surface area contributed by atoms with Crippen LogP contribution in [0.4, 0.5) is 0 Å². The zero-order valence-corrected chi connectivity index (χ0v) is 15.7. The van der Waals surface area contributed by atoms with Crippen molar-refractivity contribution in [3.05, 3.63) is 77.4 Å². The summed E-state index contributed by atoms with van der Waals surface area (Å²) in [4.78, 5) is 32.2. The van der Waals surface area contributed by atoms with E-state index in [0.717, 1.165) is 0 Å². The highest BCUT2D eigenvalue weighted by atomic mass is 16.2. The molecule has 27 heavy (non-hydrogen) atoms. The molecule has 0 spiro atoms. The first-order valence-corrected chi connectivity index (χ1v) is 8.87. The van der Waals surface area contributed by atoms with Gasteiger partial charge in [-0.1, -0.05) is 61.5 Å². The van der Waals surface area contributed by atoms with Gasteiger partial charge in [-0.2, -0.15) is 0 Å². The second-order valence-corrected chi connectivity index (χ2v) is 6.33. The fourth-order valence-electron chi connectivity index (χ4n) is 2.49. The van der Waals surface area contributed by atoms with Gasteiger partial charge in [0, 0.05) is 6.04 Å². The Morgan fingerprint density at radius 2 is 1.33 bits per heavy atom. The van der Waals surface area contributed by atoms with Gasteiger partial charge in [0.1, 0.15) is 0 Å². The number of amides is 3. The van der Waals surface area contributed by atoms with Gasteiger partial charge in [-0.15, -0.1) is 0 Å².